The molecule has 1 aliphatic heterocycles. The molecule has 146 valence electrons. The molecule has 2 amide bonds. The minimum Gasteiger partial charge on any atom is -0.343 e. The number of likely N-dealkylation sites (tertiary alicyclic amines) is 1. The van der Waals surface area contributed by atoms with Gasteiger partial charge in [0.1, 0.15) is 6.07 Å². The van der Waals surface area contributed by atoms with Crippen molar-refractivity contribution in [1.29, 1.82) is 5.26 Å². The summed E-state index contributed by atoms with van der Waals surface area (Å²) in [6.45, 7) is 7.31. The molecule has 1 unspecified atom stereocenters. The monoisotopic (exact) mass is 390 g/mol. The van der Waals surface area contributed by atoms with Crippen molar-refractivity contribution < 1.29 is 9.59 Å². The Morgan fingerprint density at radius 3 is 2.44 bits per heavy atom. The Morgan fingerprint density at radius 2 is 1.93 bits per heavy atom. The molecular formula is C20H27ClN4O2. The number of nitriles is 1. The van der Waals surface area contributed by atoms with E-state index in [9.17, 15) is 9.59 Å². The van der Waals surface area contributed by atoms with E-state index in [4.69, 9.17) is 16.9 Å². The second kappa shape index (κ2) is 9.20. The maximum Gasteiger partial charge on any atom is 0.241 e. The summed E-state index contributed by atoms with van der Waals surface area (Å²) in [6, 6.07) is 6.72. The number of amides is 2. The molecule has 0 aliphatic carbocycles. The van der Waals surface area contributed by atoms with E-state index in [1.54, 1.807) is 23.1 Å². The number of anilines is 1. The molecule has 1 aromatic carbocycles. The van der Waals surface area contributed by atoms with Crippen LogP contribution < -0.4 is 5.32 Å². The van der Waals surface area contributed by atoms with Gasteiger partial charge < -0.3 is 10.2 Å². The van der Waals surface area contributed by atoms with Gasteiger partial charge in [0.2, 0.25) is 11.8 Å². The Balaban J connectivity index is 1.90. The van der Waals surface area contributed by atoms with Crippen molar-refractivity contribution >= 4 is 29.1 Å². The highest BCUT2D eigenvalue weighted by atomic mass is 35.5. The highest BCUT2D eigenvalue weighted by molar-refractivity contribution is 6.32. The standard InChI is InChI=1S/C20H27ClN4O2/c1-13(2)24(4)20(27)15-7-9-25(10-8-15)14(3)19(26)23-17-6-5-16(12-22)18(21)11-17/h5-6,11,13-15H,7-10H2,1-4H3,(H,23,26). The summed E-state index contributed by atoms with van der Waals surface area (Å²) < 4.78 is 0. The molecule has 1 N–H and O–H groups in total. The fourth-order valence-corrected chi connectivity index (χ4v) is 3.40. The van der Waals surface area contributed by atoms with E-state index in [1.165, 1.54) is 0 Å². The first-order valence-corrected chi connectivity index (χ1v) is 9.63. The Labute approximate surface area is 166 Å². The zero-order chi connectivity index (χ0) is 20.1. The molecule has 1 aromatic rings. The summed E-state index contributed by atoms with van der Waals surface area (Å²) >= 11 is 6.01. The number of carbonyl (C=O) groups excluding carboxylic acids is 2. The molecule has 2 rings (SSSR count). The molecule has 0 aromatic heterocycles. The molecule has 27 heavy (non-hydrogen) atoms. The lowest BCUT2D eigenvalue weighted by Gasteiger charge is -2.36. The molecule has 0 saturated carbocycles. The summed E-state index contributed by atoms with van der Waals surface area (Å²) in [5.74, 6) is 0.0927. The van der Waals surface area contributed by atoms with Crippen molar-refractivity contribution in [1.82, 2.24) is 9.80 Å². The number of hydrogen-bond acceptors (Lipinski definition) is 4. The Kier molecular flexibility index (Phi) is 7.23. The summed E-state index contributed by atoms with van der Waals surface area (Å²) in [7, 11) is 1.85. The lowest BCUT2D eigenvalue weighted by atomic mass is 9.94. The average Bonchev–Trinajstić information content (AvgIpc) is 2.66. The zero-order valence-corrected chi connectivity index (χ0v) is 17.1. The van der Waals surface area contributed by atoms with Crippen molar-refractivity contribution in [3.63, 3.8) is 0 Å². The minimum absolute atomic E-state index is 0.0289. The lowest BCUT2D eigenvalue weighted by Crippen LogP contribution is -2.48. The molecule has 1 fully saturated rings. The van der Waals surface area contributed by atoms with Crippen molar-refractivity contribution in [2.24, 2.45) is 5.92 Å². The van der Waals surface area contributed by atoms with Crippen LogP contribution in [-0.4, -0.2) is 53.8 Å². The number of piperidine rings is 1. The summed E-state index contributed by atoms with van der Waals surface area (Å²) in [5.41, 5.74) is 0.945. The van der Waals surface area contributed by atoms with Gasteiger partial charge >= 0.3 is 0 Å². The molecule has 0 bridgehead atoms. The number of halogens is 1. The normalized spacial score (nSPS) is 16.6. The van der Waals surface area contributed by atoms with Crippen LogP contribution in [0.2, 0.25) is 5.02 Å². The molecule has 1 heterocycles. The van der Waals surface area contributed by atoms with Crippen LogP contribution in [0.15, 0.2) is 18.2 Å². The third-order valence-electron chi connectivity index (χ3n) is 5.29. The van der Waals surface area contributed by atoms with Crippen LogP contribution in [0, 0.1) is 17.2 Å². The quantitative estimate of drug-likeness (QED) is 0.837. The van der Waals surface area contributed by atoms with Crippen LogP contribution in [0.3, 0.4) is 0 Å². The van der Waals surface area contributed by atoms with E-state index < -0.39 is 0 Å². The Hall–Kier alpha value is -2.10. The molecule has 1 atom stereocenters. The van der Waals surface area contributed by atoms with Gasteiger partial charge in [-0.3, -0.25) is 14.5 Å². The van der Waals surface area contributed by atoms with E-state index in [2.05, 4.69) is 10.2 Å². The van der Waals surface area contributed by atoms with E-state index in [0.29, 0.717) is 29.4 Å². The number of rotatable bonds is 5. The van der Waals surface area contributed by atoms with E-state index in [-0.39, 0.29) is 29.8 Å². The fourth-order valence-electron chi connectivity index (χ4n) is 3.17. The number of benzene rings is 1. The summed E-state index contributed by atoms with van der Waals surface area (Å²) in [6.07, 6.45) is 1.52. The van der Waals surface area contributed by atoms with Crippen molar-refractivity contribution in [2.75, 3.05) is 25.5 Å². The molecular weight excluding hydrogens is 364 g/mol. The van der Waals surface area contributed by atoms with Crippen LogP contribution in [0.5, 0.6) is 0 Å². The van der Waals surface area contributed by atoms with Crippen molar-refractivity contribution in [2.45, 2.75) is 45.7 Å². The van der Waals surface area contributed by atoms with Gasteiger partial charge in [-0.25, -0.2) is 0 Å². The SMILES string of the molecule is CC(C(=O)Nc1ccc(C#N)c(Cl)c1)N1CCC(C(=O)N(C)C(C)C)CC1. The summed E-state index contributed by atoms with van der Waals surface area (Å²) in [5, 5.41) is 12.1. The number of nitrogens with zero attached hydrogens (tertiary/aromatic N) is 3. The van der Waals surface area contributed by atoms with Gasteiger partial charge in [0, 0.05) is 24.7 Å². The van der Waals surface area contributed by atoms with Gasteiger partial charge in [0.25, 0.3) is 0 Å². The van der Waals surface area contributed by atoms with Crippen molar-refractivity contribution in [3.05, 3.63) is 28.8 Å². The molecule has 1 aliphatic rings. The third-order valence-corrected chi connectivity index (χ3v) is 5.60. The van der Waals surface area contributed by atoms with Gasteiger partial charge in [-0.2, -0.15) is 5.26 Å². The van der Waals surface area contributed by atoms with Crippen LogP contribution in [0.25, 0.3) is 0 Å². The first-order valence-electron chi connectivity index (χ1n) is 9.25. The second-order valence-electron chi connectivity index (χ2n) is 7.32. The molecule has 0 radical (unpaired) electrons. The first-order chi connectivity index (χ1) is 12.7. The number of nitrogens with one attached hydrogen (secondary N) is 1. The second-order valence-corrected chi connectivity index (χ2v) is 7.73. The predicted molar refractivity (Wildman–Crippen MR) is 106 cm³/mol. The van der Waals surface area contributed by atoms with Crippen LogP contribution >= 0.6 is 11.6 Å². The van der Waals surface area contributed by atoms with Crippen LogP contribution in [0.4, 0.5) is 5.69 Å². The van der Waals surface area contributed by atoms with Gasteiger partial charge in [-0.05, 0) is 64.9 Å². The van der Waals surface area contributed by atoms with Gasteiger partial charge in [-0.15, -0.1) is 0 Å². The molecule has 6 nitrogen and oxygen atoms in total. The third kappa shape index (κ3) is 5.21. The number of hydrogen-bond donors (Lipinski definition) is 1. The lowest BCUT2D eigenvalue weighted by molar-refractivity contribution is -0.137. The highest BCUT2D eigenvalue weighted by Gasteiger charge is 2.31. The smallest absolute Gasteiger partial charge is 0.241 e. The highest BCUT2D eigenvalue weighted by Crippen LogP contribution is 2.23. The molecule has 0 spiro atoms. The molecule has 1 saturated heterocycles. The first kappa shape index (κ1) is 21.2. The topological polar surface area (TPSA) is 76.4 Å². The van der Waals surface area contributed by atoms with Crippen molar-refractivity contribution in [3.8, 4) is 6.07 Å². The zero-order valence-electron chi connectivity index (χ0n) is 16.3. The van der Waals surface area contributed by atoms with Crippen LogP contribution in [-0.2, 0) is 9.59 Å². The predicted octanol–water partition coefficient (Wildman–Crippen LogP) is 3.12. The van der Waals surface area contributed by atoms with Gasteiger partial charge in [0.15, 0.2) is 0 Å². The van der Waals surface area contributed by atoms with E-state index in [1.807, 2.05) is 33.9 Å². The number of carbonyl (C=O) groups is 2. The van der Waals surface area contributed by atoms with E-state index >= 15 is 0 Å². The maximum absolute atomic E-state index is 12.6. The maximum atomic E-state index is 12.6. The van der Waals surface area contributed by atoms with E-state index in [0.717, 1.165) is 12.8 Å². The van der Waals surface area contributed by atoms with Gasteiger partial charge in [-0.1, -0.05) is 11.6 Å². The summed E-state index contributed by atoms with van der Waals surface area (Å²) in [4.78, 5) is 28.9. The van der Waals surface area contributed by atoms with Crippen LogP contribution in [0.1, 0.15) is 39.2 Å². The fraction of sp³-hybridized carbons (Fsp3) is 0.550. The Bertz CT molecular complexity index is 736. The Morgan fingerprint density at radius 1 is 1.30 bits per heavy atom. The average molecular weight is 391 g/mol. The molecule has 7 heteroatoms. The largest absolute Gasteiger partial charge is 0.343 e. The van der Waals surface area contributed by atoms with Gasteiger partial charge in [0.05, 0.1) is 16.6 Å². The minimum atomic E-state index is -0.307.